The Morgan fingerprint density at radius 2 is 2.04 bits per heavy atom. The number of aromatic carboxylic acids is 1. The molecule has 0 saturated heterocycles. The third kappa shape index (κ3) is 3.14. The maximum absolute atomic E-state index is 10.9. The molecule has 0 radical (unpaired) electrons. The van der Waals surface area contributed by atoms with E-state index in [4.69, 9.17) is 9.84 Å². The molecule has 2 heterocycles. The van der Waals surface area contributed by atoms with Gasteiger partial charge in [-0.1, -0.05) is 24.3 Å². The van der Waals surface area contributed by atoms with Gasteiger partial charge in [-0.15, -0.1) is 0 Å². The molecule has 1 unspecified atom stereocenters. The minimum Gasteiger partial charge on any atom is -0.478 e. The minimum absolute atomic E-state index is 0.189. The lowest BCUT2D eigenvalue weighted by Gasteiger charge is -2.26. The Labute approximate surface area is 145 Å². The molecule has 1 aliphatic heterocycles. The van der Waals surface area contributed by atoms with Crippen molar-refractivity contribution >= 4 is 17.0 Å². The first-order valence-corrected chi connectivity index (χ1v) is 8.29. The fourth-order valence-electron chi connectivity index (χ4n) is 3.26. The van der Waals surface area contributed by atoms with E-state index in [-0.39, 0.29) is 6.04 Å². The molecule has 0 bridgehead atoms. The van der Waals surface area contributed by atoms with Crippen molar-refractivity contribution in [2.24, 2.45) is 0 Å². The van der Waals surface area contributed by atoms with Crippen molar-refractivity contribution in [2.45, 2.75) is 19.2 Å². The topological polar surface area (TPSA) is 76.4 Å². The number of aromatic nitrogens is 2. The van der Waals surface area contributed by atoms with Gasteiger partial charge in [-0.3, -0.25) is 0 Å². The van der Waals surface area contributed by atoms with E-state index in [1.807, 2.05) is 30.3 Å². The highest BCUT2D eigenvalue weighted by molar-refractivity contribution is 5.87. The van der Waals surface area contributed by atoms with Crippen LogP contribution in [0.4, 0.5) is 0 Å². The summed E-state index contributed by atoms with van der Waals surface area (Å²) in [5.74, 6) is 0.0587. The molecular weight excluding hydrogens is 318 g/mol. The van der Waals surface area contributed by atoms with Gasteiger partial charge < -0.3 is 19.7 Å². The second kappa shape index (κ2) is 6.66. The second-order valence-electron chi connectivity index (χ2n) is 6.19. The van der Waals surface area contributed by atoms with Crippen molar-refractivity contribution in [1.82, 2.24) is 14.9 Å². The number of hydrogen-bond acceptors (Lipinski definition) is 4. The number of carboxylic acid groups (broad SMARTS) is 1. The van der Waals surface area contributed by atoms with E-state index in [2.05, 4.69) is 20.9 Å². The fraction of sp³-hybridized carbons (Fsp3) is 0.263. The number of fused-ring (bicyclic) bond motifs is 3. The number of imidazole rings is 1. The van der Waals surface area contributed by atoms with E-state index in [1.54, 1.807) is 12.1 Å². The third-order valence-electron chi connectivity index (χ3n) is 4.49. The van der Waals surface area contributed by atoms with Gasteiger partial charge in [0, 0.05) is 13.1 Å². The van der Waals surface area contributed by atoms with E-state index in [0.717, 1.165) is 29.0 Å². The van der Waals surface area contributed by atoms with Gasteiger partial charge in [-0.2, -0.15) is 0 Å². The van der Waals surface area contributed by atoms with Crippen molar-refractivity contribution in [1.29, 1.82) is 0 Å². The Hall–Kier alpha value is -2.70. The van der Waals surface area contributed by atoms with Gasteiger partial charge in [0.05, 0.1) is 29.2 Å². The molecule has 2 N–H and O–H groups in total. The SMILES string of the molecule is O=C(O)c1ccc(CNCC2COCc3nc4ccccc4n32)cc1. The van der Waals surface area contributed by atoms with E-state index in [9.17, 15) is 4.79 Å². The smallest absolute Gasteiger partial charge is 0.335 e. The van der Waals surface area contributed by atoms with E-state index in [0.29, 0.717) is 25.3 Å². The monoisotopic (exact) mass is 337 g/mol. The zero-order valence-corrected chi connectivity index (χ0v) is 13.7. The lowest BCUT2D eigenvalue weighted by molar-refractivity contribution is 0.0564. The summed E-state index contributed by atoms with van der Waals surface area (Å²) in [6, 6.07) is 15.3. The molecule has 0 spiro atoms. The fourth-order valence-corrected chi connectivity index (χ4v) is 3.26. The van der Waals surface area contributed by atoms with Crippen molar-refractivity contribution in [2.75, 3.05) is 13.2 Å². The molecule has 0 aliphatic carbocycles. The van der Waals surface area contributed by atoms with Crippen LogP contribution in [0, 0.1) is 0 Å². The summed E-state index contributed by atoms with van der Waals surface area (Å²) in [7, 11) is 0. The number of carbonyl (C=O) groups is 1. The van der Waals surface area contributed by atoms with Gasteiger partial charge in [0.2, 0.25) is 0 Å². The molecule has 0 amide bonds. The molecule has 6 heteroatoms. The molecule has 3 aromatic rings. The van der Waals surface area contributed by atoms with Crippen molar-refractivity contribution in [3.05, 3.63) is 65.5 Å². The van der Waals surface area contributed by atoms with Gasteiger partial charge in [0.1, 0.15) is 12.4 Å². The Morgan fingerprint density at radius 3 is 2.84 bits per heavy atom. The summed E-state index contributed by atoms with van der Waals surface area (Å²) in [6.45, 7) is 2.63. The maximum atomic E-state index is 10.9. The summed E-state index contributed by atoms with van der Waals surface area (Å²) in [6.07, 6.45) is 0. The van der Waals surface area contributed by atoms with Crippen LogP contribution in [0.1, 0.15) is 27.8 Å². The lowest BCUT2D eigenvalue weighted by atomic mass is 10.1. The minimum atomic E-state index is -0.904. The third-order valence-corrected chi connectivity index (χ3v) is 4.49. The number of ether oxygens (including phenoxy) is 1. The second-order valence-corrected chi connectivity index (χ2v) is 6.19. The summed E-state index contributed by atoms with van der Waals surface area (Å²) >= 11 is 0. The maximum Gasteiger partial charge on any atom is 0.335 e. The molecule has 1 aliphatic rings. The first-order chi connectivity index (χ1) is 12.2. The van der Waals surface area contributed by atoms with Crippen molar-refractivity contribution in [3.63, 3.8) is 0 Å². The largest absolute Gasteiger partial charge is 0.478 e. The molecule has 6 nitrogen and oxygen atoms in total. The number of nitrogens with one attached hydrogen (secondary N) is 1. The van der Waals surface area contributed by atoms with E-state index < -0.39 is 5.97 Å². The molecule has 0 fully saturated rings. The molecule has 25 heavy (non-hydrogen) atoms. The Kier molecular flexibility index (Phi) is 4.21. The predicted molar refractivity (Wildman–Crippen MR) is 93.5 cm³/mol. The summed E-state index contributed by atoms with van der Waals surface area (Å²) in [5, 5.41) is 12.4. The van der Waals surface area contributed by atoms with Crippen LogP contribution in [0.15, 0.2) is 48.5 Å². The Bertz CT molecular complexity index is 902. The first-order valence-electron chi connectivity index (χ1n) is 8.29. The lowest BCUT2D eigenvalue weighted by Crippen LogP contribution is -2.32. The average molecular weight is 337 g/mol. The standard InChI is InChI=1S/C19H19N3O3/c23-19(24)14-7-5-13(6-8-14)9-20-10-15-11-25-12-18-21-16-3-1-2-4-17(16)22(15)18/h1-8,15,20H,9-12H2,(H,23,24). The number of hydrogen-bond donors (Lipinski definition) is 2. The Morgan fingerprint density at radius 1 is 1.24 bits per heavy atom. The van der Waals surface area contributed by atoms with Gasteiger partial charge >= 0.3 is 5.97 Å². The van der Waals surface area contributed by atoms with Crippen LogP contribution >= 0.6 is 0 Å². The van der Waals surface area contributed by atoms with E-state index in [1.165, 1.54) is 0 Å². The quantitative estimate of drug-likeness (QED) is 0.748. The van der Waals surface area contributed by atoms with Crippen molar-refractivity contribution < 1.29 is 14.6 Å². The number of carboxylic acids is 1. The normalized spacial score (nSPS) is 16.7. The summed E-state index contributed by atoms with van der Waals surface area (Å²) in [4.78, 5) is 15.5. The van der Waals surface area contributed by atoms with Crippen LogP contribution in [0.3, 0.4) is 0 Å². The van der Waals surface area contributed by atoms with Crippen LogP contribution in [0.25, 0.3) is 11.0 Å². The number of benzene rings is 2. The van der Waals surface area contributed by atoms with Crippen LogP contribution in [-0.4, -0.2) is 33.8 Å². The Balaban J connectivity index is 1.45. The predicted octanol–water partition coefficient (Wildman–Crippen LogP) is 2.60. The van der Waals surface area contributed by atoms with Crippen LogP contribution in [-0.2, 0) is 17.9 Å². The molecular formula is C19H19N3O3. The molecule has 1 atom stereocenters. The van der Waals surface area contributed by atoms with Gasteiger partial charge in [0.25, 0.3) is 0 Å². The molecule has 128 valence electrons. The molecule has 1 aromatic heterocycles. The molecule has 0 saturated carbocycles. The van der Waals surface area contributed by atoms with Gasteiger partial charge in [-0.25, -0.2) is 9.78 Å². The van der Waals surface area contributed by atoms with Crippen LogP contribution in [0.5, 0.6) is 0 Å². The number of nitrogens with zero attached hydrogens (tertiary/aromatic N) is 2. The number of rotatable bonds is 5. The van der Waals surface area contributed by atoms with Crippen LogP contribution in [0.2, 0.25) is 0 Å². The molecule has 2 aromatic carbocycles. The van der Waals surface area contributed by atoms with Gasteiger partial charge in [-0.05, 0) is 29.8 Å². The first kappa shape index (κ1) is 15.8. The zero-order valence-electron chi connectivity index (χ0n) is 13.7. The summed E-state index contributed by atoms with van der Waals surface area (Å²) in [5.41, 5.74) is 3.49. The average Bonchev–Trinajstić information content (AvgIpc) is 3.01. The van der Waals surface area contributed by atoms with Crippen molar-refractivity contribution in [3.8, 4) is 0 Å². The van der Waals surface area contributed by atoms with E-state index >= 15 is 0 Å². The van der Waals surface area contributed by atoms with Gasteiger partial charge in [0.15, 0.2) is 0 Å². The number of para-hydroxylation sites is 2. The van der Waals surface area contributed by atoms with Crippen LogP contribution < -0.4 is 5.32 Å². The highest BCUT2D eigenvalue weighted by atomic mass is 16.5. The highest BCUT2D eigenvalue weighted by Crippen LogP contribution is 2.25. The zero-order chi connectivity index (χ0) is 17.2. The molecule has 4 rings (SSSR count). The highest BCUT2D eigenvalue weighted by Gasteiger charge is 2.23. The summed E-state index contributed by atoms with van der Waals surface area (Å²) < 4.78 is 7.96.